The molecule has 0 unspecified atom stereocenters. The number of nitrogens with one attached hydrogen (secondary N) is 1. The molecule has 0 amide bonds. The molecule has 1 aliphatic carbocycles. The first kappa shape index (κ1) is 12.5. The molecule has 0 heterocycles. The summed E-state index contributed by atoms with van der Waals surface area (Å²) in [5.41, 5.74) is 2.11. The van der Waals surface area contributed by atoms with Gasteiger partial charge in [0.2, 0.25) is 0 Å². The van der Waals surface area contributed by atoms with Crippen molar-refractivity contribution in [3.05, 3.63) is 30.3 Å². The Balaban J connectivity index is 2.06. The number of benzene rings is 1. The zero-order chi connectivity index (χ0) is 12.5. The molecule has 0 saturated heterocycles. The third kappa shape index (κ3) is 3.49. The topological polar surface area (TPSA) is 12.0 Å². The molecular weight excluding hydrogens is 206 g/mol. The maximum Gasteiger partial charge on any atom is 0.0342 e. The SMILES string of the molecule is CC1(C)CC(Nc2cc[c]cc2)CC(C)(C)C1. The second kappa shape index (κ2) is 4.36. The van der Waals surface area contributed by atoms with Crippen molar-refractivity contribution < 1.29 is 0 Å². The largest absolute Gasteiger partial charge is 0.382 e. The lowest BCUT2D eigenvalue weighted by molar-refractivity contribution is 0.105. The van der Waals surface area contributed by atoms with Crippen LogP contribution in [0, 0.1) is 16.9 Å². The molecule has 1 nitrogen and oxygen atoms in total. The van der Waals surface area contributed by atoms with Crippen LogP contribution in [0.2, 0.25) is 0 Å². The normalized spacial score (nSPS) is 23.3. The minimum atomic E-state index is 0.445. The quantitative estimate of drug-likeness (QED) is 0.788. The molecule has 1 aromatic rings. The van der Waals surface area contributed by atoms with Crippen molar-refractivity contribution in [2.75, 3.05) is 5.32 Å². The summed E-state index contributed by atoms with van der Waals surface area (Å²) in [5, 5.41) is 3.67. The van der Waals surface area contributed by atoms with Gasteiger partial charge in [-0.2, -0.15) is 0 Å². The zero-order valence-electron chi connectivity index (χ0n) is 11.5. The van der Waals surface area contributed by atoms with Gasteiger partial charge >= 0.3 is 0 Å². The Morgan fingerprint density at radius 2 is 1.59 bits per heavy atom. The lowest BCUT2D eigenvalue weighted by atomic mass is 9.63. The fourth-order valence-electron chi connectivity index (χ4n) is 3.67. The Morgan fingerprint density at radius 3 is 2.12 bits per heavy atom. The lowest BCUT2D eigenvalue weighted by Crippen LogP contribution is -2.40. The smallest absolute Gasteiger partial charge is 0.0342 e. The maximum atomic E-state index is 3.67. The van der Waals surface area contributed by atoms with Crippen LogP contribution in [0.3, 0.4) is 0 Å². The molecule has 0 aromatic heterocycles. The van der Waals surface area contributed by atoms with Crippen LogP contribution in [-0.4, -0.2) is 6.04 Å². The summed E-state index contributed by atoms with van der Waals surface area (Å²) in [5.74, 6) is 0. The van der Waals surface area contributed by atoms with Gasteiger partial charge in [-0.25, -0.2) is 0 Å². The van der Waals surface area contributed by atoms with Gasteiger partial charge in [0, 0.05) is 11.7 Å². The van der Waals surface area contributed by atoms with Crippen LogP contribution in [0.1, 0.15) is 47.0 Å². The highest BCUT2D eigenvalue weighted by Gasteiger charge is 2.38. The van der Waals surface area contributed by atoms with Gasteiger partial charge in [-0.15, -0.1) is 0 Å². The van der Waals surface area contributed by atoms with Gasteiger partial charge in [-0.1, -0.05) is 39.8 Å². The van der Waals surface area contributed by atoms with Crippen LogP contribution in [0.25, 0.3) is 0 Å². The van der Waals surface area contributed by atoms with Gasteiger partial charge in [-0.3, -0.25) is 0 Å². The van der Waals surface area contributed by atoms with E-state index in [0.717, 1.165) is 0 Å². The van der Waals surface area contributed by atoms with E-state index in [1.165, 1.54) is 24.9 Å². The second-order valence-electron chi connectivity index (χ2n) is 7.04. The van der Waals surface area contributed by atoms with E-state index < -0.39 is 0 Å². The molecule has 93 valence electrons. The molecule has 1 N–H and O–H groups in total. The van der Waals surface area contributed by atoms with Crippen LogP contribution < -0.4 is 5.32 Å². The molecule has 1 radical (unpaired) electrons. The summed E-state index contributed by atoms with van der Waals surface area (Å²) in [7, 11) is 0. The number of hydrogen-bond donors (Lipinski definition) is 1. The summed E-state index contributed by atoms with van der Waals surface area (Å²) in [6.07, 6.45) is 3.84. The number of anilines is 1. The molecule has 1 fully saturated rings. The highest BCUT2D eigenvalue weighted by molar-refractivity contribution is 5.43. The van der Waals surface area contributed by atoms with Crippen LogP contribution >= 0.6 is 0 Å². The molecule has 17 heavy (non-hydrogen) atoms. The third-order valence-corrected chi connectivity index (χ3v) is 3.64. The molecule has 1 saturated carbocycles. The second-order valence-corrected chi connectivity index (χ2v) is 7.04. The Hall–Kier alpha value is -0.980. The number of rotatable bonds is 2. The highest BCUT2D eigenvalue weighted by Crippen LogP contribution is 2.46. The summed E-state index contributed by atoms with van der Waals surface area (Å²) in [6, 6.07) is 11.8. The highest BCUT2D eigenvalue weighted by atomic mass is 14.9. The van der Waals surface area contributed by atoms with E-state index in [1.54, 1.807) is 0 Å². The molecule has 2 rings (SSSR count). The lowest BCUT2D eigenvalue weighted by Gasteiger charge is -2.45. The number of hydrogen-bond acceptors (Lipinski definition) is 1. The van der Waals surface area contributed by atoms with Gasteiger partial charge < -0.3 is 5.32 Å². The van der Waals surface area contributed by atoms with Crippen molar-refractivity contribution in [2.24, 2.45) is 10.8 Å². The van der Waals surface area contributed by atoms with Gasteiger partial charge in [-0.05, 0) is 48.3 Å². The van der Waals surface area contributed by atoms with E-state index in [0.29, 0.717) is 16.9 Å². The standard InChI is InChI=1S/C16H24N/c1-15(2)10-14(11-16(3,4)12-15)17-13-8-6-5-7-9-13/h6-9,14,17H,10-12H2,1-4H3. The predicted octanol–water partition coefficient (Wildman–Crippen LogP) is 4.50. The van der Waals surface area contributed by atoms with E-state index in [2.05, 4.69) is 51.2 Å². The van der Waals surface area contributed by atoms with Crippen LogP contribution in [0.5, 0.6) is 0 Å². The van der Waals surface area contributed by atoms with Gasteiger partial charge in [0.1, 0.15) is 0 Å². The van der Waals surface area contributed by atoms with Gasteiger partial charge in [0.15, 0.2) is 0 Å². The van der Waals surface area contributed by atoms with Crippen molar-refractivity contribution in [3.8, 4) is 0 Å². The summed E-state index contributed by atoms with van der Waals surface area (Å²) < 4.78 is 0. The average molecular weight is 230 g/mol. The van der Waals surface area contributed by atoms with Crippen molar-refractivity contribution in [1.82, 2.24) is 0 Å². The van der Waals surface area contributed by atoms with Gasteiger partial charge in [0.05, 0.1) is 0 Å². The average Bonchev–Trinajstić information content (AvgIpc) is 2.13. The summed E-state index contributed by atoms with van der Waals surface area (Å²) >= 11 is 0. The van der Waals surface area contributed by atoms with Crippen molar-refractivity contribution in [1.29, 1.82) is 0 Å². The van der Waals surface area contributed by atoms with Crippen molar-refractivity contribution in [3.63, 3.8) is 0 Å². The Bertz CT molecular complexity index is 348. The Kier molecular flexibility index (Phi) is 3.20. The molecule has 1 aromatic carbocycles. The Labute approximate surface area is 106 Å². The van der Waals surface area contributed by atoms with Crippen molar-refractivity contribution >= 4 is 5.69 Å². The molecule has 0 aliphatic heterocycles. The minimum Gasteiger partial charge on any atom is -0.382 e. The molecule has 0 bridgehead atoms. The zero-order valence-corrected chi connectivity index (χ0v) is 11.5. The molecular formula is C16H24N. The van der Waals surface area contributed by atoms with E-state index in [1.807, 2.05) is 12.1 Å². The fraction of sp³-hybridized carbons (Fsp3) is 0.625. The minimum absolute atomic E-state index is 0.445. The van der Waals surface area contributed by atoms with Crippen molar-refractivity contribution in [2.45, 2.75) is 53.0 Å². The molecule has 0 spiro atoms. The fourth-order valence-corrected chi connectivity index (χ4v) is 3.67. The third-order valence-electron chi connectivity index (χ3n) is 3.64. The summed E-state index contributed by atoms with van der Waals surface area (Å²) in [4.78, 5) is 0. The maximum absolute atomic E-state index is 3.67. The van der Waals surface area contributed by atoms with Crippen LogP contribution in [0.15, 0.2) is 24.3 Å². The van der Waals surface area contributed by atoms with Crippen LogP contribution in [-0.2, 0) is 0 Å². The molecule has 0 atom stereocenters. The molecule has 1 aliphatic rings. The first-order chi connectivity index (χ1) is 7.86. The van der Waals surface area contributed by atoms with E-state index in [4.69, 9.17) is 0 Å². The van der Waals surface area contributed by atoms with Crippen LogP contribution in [0.4, 0.5) is 5.69 Å². The van der Waals surface area contributed by atoms with E-state index in [-0.39, 0.29) is 0 Å². The van der Waals surface area contributed by atoms with E-state index >= 15 is 0 Å². The monoisotopic (exact) mass is 230 g/mol. The predicted molar refractivity (Wildman–Crippen MR) is 74.1 cm³/mol. The first-order valence-electron chi connectivity index (χ1n) is 6.59. The Morgan fingerprint density at radius 1 is 1.06 bits per heavy atom. The van der Waals surface area contributed by atoms with Gasteiger partial charge in [0.25, 0.3) is 0 Å². The van der Waals surface area contributed by atoms with E-state index in [9.17, 15) is 0 Å². The summed E-state index contributed by atoms with van der Waals surface area (Å²) in [6.45, 7) is 9.56. The molecule has 1 heteroatoms. The first-order valence-corrected chi connectivity index (χ1v) is 6.59.